The van der Waals surface area contributed by atoms with Crippen molar-refractivity contribution < 1.29 is 23.7 Å². The summed E-state index contributed by atoms with van der Waals surface area (Å²) in [6, 6.07) is 10.9. The molecule has 0 saturated carbocycles. The summed E-state index contributed by atoms with van der Waals surface area (Å²) in [5, 5.41) is 8.81. The number of benzene rings is 2. The van der Waals surface area contributed by atoms with Gasteiger partial charge >= 0.3 is 0 Å². The molecule has 2 heterocycles. The summed E-state index contributed by atoms with van der Waals surface area (Å²) >= 11 is 0. The van der Waals surface area contributed by atoms with E-state index < -0.39 is 0 Å². The van der Waals surface area contributed by atoms with Crippen LogP contribution in [0.15, 0.2) is 48.9 Å². The largest absolute Gasteiger partial charge is 0.493 e. The zero-order chi connectivity index (χ0) is 25.5. The lowest BCUT2D eigenvalue weighted by molar-refractivity contribution is -0.119. The number of carbonyl (C=O) groups is 1. The molecular weight excluding hydrogens is 462 g/mol. The molecule has 0 saturated heterocycles. The van der Waals surface area contributed by atoms with Gasteiger partial charge in [0, 0.05) is 25.8 Å². The van der Waals surface area contributed by atoms with Crippen LogP contribution in [0.2, 0.25) is 0 Å². The minimum Gasteiger partial charge on any atom is -0.493 e. The van der Waals surface area contributed by atoms with E-state index in [1.54, 1.807) is 31.0 Å². The monoisotopic (exact) mass is 491 g/mol. The lowest BCUT2D eigenvalue weighted by Gasteiger charge is -2.13. The highest BCUT2D eigenvalue weighted by molar-refractivity contribution is 5.87. The van der Waals surface area contributed by atoms with Crippen LogP contribution in [0.25, 0.3) is 10.9 Å². The van der Waals surface area contributed by atoms with Gasteiger partial charge in [0.15, 0.2) is 17.3 Å². The number of nitrogens with zero attached hydrogens (tertiary/aromatic N) is 5. The van der Waals surface area contributed by atoms with E-state index in [0.29, 0.717) is 47.2 Å². The van der Waals surface area contributed by atoms with Gasteiger partial charge in [0.2, 0.25) is 5.88 Å². The van der Waals surface area contributed by atoms with Crippen LogP contribution in [0.3, 0.4) is 0 Å². The summed E-state index contributed by atoms with van der Waals surface area (Å²) in [6.07, 6.45) is 3.54. The van der Waals surface area contributed by atoms with Crippen molar-refractivity contribution in [3.05, 3.63) is 60.2 Å². The summed E-state index contributed by atoms with van der Waals surface area (Å²) in [5.74, 6) is 2.39. The fraction of sp³-hybridized carbons (Fsp3) is 0.346. The molecule has 4 aromatic rings. The molecule has 0 fully saturated rings. The zero-order valence-corrected chi connectivity index (χ0v) is 20.8. The maximum absolute atomic E-state index is 12.5. The Morgan fingerprint density at radius 2 is 1.83 bits per heavy atom. The molecule has 2 aromatic carbocycles. The Kier molecular flexibility index (Phi) is 8.06. The normalized spacial score (nSPS) is 11.1. The molecule has 0 aliphatic rings. The molecule has 0 N–H and O–H groups in total. The second-order valence-electron chi connectivity index (χ2n) is 8.50. The maximum Gasteiger partial charge on any atom is 0.230 e. The van der Waals surface area contributed by atoms with Gasteiger partial charge < -0.3 is 18.9 Å². The Bertz CT molecular complexity index is 1320. The standard InChI is InChI=1S/C26H29N5O5/c1-17(2)23-15-31(30-29-23)14-19(32)11-18-5-7-20(8-6-18)36-26-21-12-24(34-4)25(35-10-9-33-3)13-22(21)27-16-28-26/h5-8,12-13,15-17H,9-11,14H2,1-4H3. The van der Waals surface area contributed by atoms with Crippen LogP contribution in [0.4, 0.5) is 0 Å². The van der Waals surface area contributed by atoms with Crippen LogP contribution in [0, 0.1) is 0 Å². The Labute approximate surface area is 209 Å². The van der Waals surface area contributed by atoms with Gasteiger partial charge in [-0.05, 0) is 29.7 Å². The minimum atomic E-state index is 0.0429. The number of fused-ring (bicyclic) bond motifs is 1. The quantitative estimate of drug-likeness (QED) is 0.272. The molecule has 0 spiro atoms. The van der Waals surface area contributed by atoms with Gasteiger partial charge in [-0.15, -0.1) is 5.10 Å². The fourth-order valence-electron chi connectivity index (χ4n) is 3.54. The molecular formula is C26H29N5O5. The molecule has 2 aromatic heterocycles. The SMILES string of the molecule is COCCOc1cc2ncnc(Oc3ccc(CC(=O)Cn4cc(C(C)C)nn4)cc3)c2cc1OC. The summed E-state index contributed by atoms with van der Waals surface area (Å²) in [4.78, 5) is 21.1. The zero-order valence-electron chi connectivity index (χ0n) is 20.8. The van der Waals surface area contributed by atoms with Crippen LogP contribution in [0.1, 0.15) is 31.0 Å². The van der Waals surface area contributed by atoms with Crippen LogP contribution in [-0.4, -0.2) is 58.2 Å². The van der Waals surface area contributed by atoms with Crippen LogP contribution in [-0.2, 0) is 22.5 Å². The van der Waals surface area contributed by atoms with Gasteiger partial charge in [0.25, 0.3) is 0 Å². The first kappa shape index (κ1) is 25.1. The molecule has 188 valence electrons. The number of carbonyl (C=O) groups excluding carboxylic acids is 1. The summed E-state index contributed by atoms with van der Waals surface area (Å²) in [7, 11) is 3.18. The molecule has 0 atom stereocenters. The molecule has 36 heavy (non-hydrogen) atoms. The van der Waals surface area contributed by atoms with Crippen molar-refractivity contribution in [2.75, 3.05) is 27.4 Å². The third-order valence-corrected chi connectivity index (χ3v) is 5.45. The van der Waals surface area contributed by atoms with E-state index >= 15 is 0 Å². The molecule has 0 radical (unpaired) electrons. The van der Waals surface area contributed by atoms with Crippen LogP contribution < -0.4 is 14.2 Å². The van der Waals surface area contributed by atoms with E-state index in [2.05, 4.69) is 20.3 Å². The number of ketones is 1. The van der Waals surface area contributed by atoms with Crippen molar-refractivity contribution in [3.8, 4) is 23.1 Å². The van der Waals surface area contributed by atoms with Gasteiger partial charge in [-0.1, -0.05) is 31.2 Å². The van der Waals surface area contributed by atoms with Gasteiger partial charge in [0.1, 0.15) is 25.2 Å². The number of Topliss-reactive ketones (excluding diaryl/α,β-unsaturated/α-hetero) is 1. The summed E-state index contributed by atoms with van der Waals surface area (Å²) < 4.78 is 23.9. The number of hydrogen-bond donors (Lipinski definition) is 0. The molecule has 10 heteroatoms. The number of methoxy groups -OCH3 is 2. The smallest absolute Gasteiger partial charge is 0.230 e. The van der Waals surface area contributed by atoms with Crippen molar-refractivity contribution in [2.45, 2.75) is 32.7 Å². The highest BCUT2D eigenvalue weighted by atomic mass is 16.5. The van der Waals surface area contributed by atoms with Gasteiger partial charge in [-0.25, -0.2) is 14.6 Å². The molecule has 10 nitrogen and oxygen atoms in total. The Morgan fingerprint density at radius 3 is 2.53 bits per heavy atom. The highest BCUT2D eigenvalue weighted by Gasteiger charge is 2.14. The molecule has 0 aliphatic heterocycles. The van der Waals surface area contributed by atoms with Gasteiger partial charge in [-0.2, -0.15) is 0 Å². The summed E-state index contributed by atoms with van der Waals surface area (Å²) in [6.45, 7) is 5.11. The second kappa shape index (κ2) is 11.6. The number of rotatable bonds is 12. The lowest BCUT2D eigenvalue weighted by atomic mass is 10.1. The van der Waals surface area contributed by atoms with Crippen LogP contribution in [0.5, 0.6) is 23.1 Å². The van der Waals surface area contributed by atoms with Crippen molar-refractivity contribution >= 4 is 16.7 Å². The predicted octanol–water partition coefficient (Wildman–Crippen LogP) is 3.98. The lowest BCUT2D eigenvalue weighted by Crippen LogP contribution is -2.13. The molecule has 0 aliphatic carbocycles. The topological polar surface area (TPSA) is 110 Å². The minimum absolute atomic E-state index is 0.0429. The van der Waals surface area contributed by atoms with E-state index in [-0.39, 0.29) is 24.7 Å². The van der Waals surface area contributed by atoms with E-state index in [1.165, 1.54) is 6.33 Å². The molecule has 4 rings (SSSR count). The number of hydrogen-bond acceptors (Lipinski definition) is 9. The second-order valence-corrected chi connectivity index (χ2v) is 8.50. The van der Waals surface area contributed by atoms with Crippen molar-refractivity contribution in [1.29, 1.82) is 0 Å². The Hall–Kier alpha value is -4.05. The number of ether oxygens (including phenoxy) is 4. The van der Waals surface area contributed by atoms with E-state index in [9.17, 15) is 4.79 Å². The average molecular weight is 492 g/mol. The Balaban J connectivity index is 1.44. The molecule has 0 amide bonds. The predicted molar refractivity (Wildman–Crippen MR) is 133 cm³/mol. The van der Waals surface area contributed by atoms with E-state index in [4.69, 9.17) is 18.9 Å². The average Bonchev–Trinajstić information content (AvgIpc) is 3.34. The first-order valence-corrected chi connectivity index (χ1v) is 11.6. The first-order valence-electron chi connectivity index (χ1n) is 11.6. The first-order chi connectivity index (χ1) is 17.5. The van der Waals surface area contributed by atoms with Crippen LogP contribution >= 0.6 is 0 Å². The van der Waals surface area contributed by atoms with Crippen molar-refractivity contribution in [1.82, 2.24) is 25.0 Å². The molecule has 0 unspecified atom stereocenters. The summed E-state index contributed by atoms with van der Waals surface area (Å²) in [5.41, 5.74) is 2.40. The fourth-order valence-corrected chi connectivity index (χ4v) is 3.54. The Morgan fingerprint density at radius 1 is 1.03 bits per heavy atom. The third kappa shape index (κ3) is 6.14. The number of aromatic nitrogens is 5. The highest BCUT2D eigenvalue weighted by Crippen LogP contribution is 2.36. The van der Waals surface area contributed by atoms with E-state index in [0.717, 1.165) is 11.3 Å². The van der Waals surface area contributed by atoms with Gasteiger partial charge in [-0.3, -0.25) is 4.79 Å². The molecule has 0 bridgehead atoms. The third-order valence-electron chi connectivity index (χ3n) is 5.45. The van der Waals surface area contributed by atoms with Gasteiger partial charge in [0.05, 0.1) is 30.3 Å². The van der Waals surface area contributed by atoms with E-state index in [1.807, 2.05) is 44.3 Å². The van der Waals surface area contributed by atoms with Crippen molar-refractivity contribution in [3.63, 3.8) is 0 Å². The maximum atomic E-state index is 12.5. The van der Waals surface area contributed by atoms with Crippen molar-refractivity contribution in [2.24, 2.45) is 0 Å².